The third-order valence-electron chi connectivity index (χ3n) is 4.48. The van der Waals surface area contributed by atoms with E-state index in [1.54, 1.807) is 17.2 Å². The summed E-state index contributed by atoms with van der Waals surface area (Å²) in [6.07, 6.45) is 3.87. The molecule has 3 heterocycles. The topological polar surface area (TPSA) is 50.5 Å². The number of aromatic nitrogens is 3. The molecule has 5 nitrogen and oxygen atoms in total. The van der Waals surface area contributed by atoms with Gasteiger partial charge in [0.05, 0.1) is 27.3 Å². The van der Waals surface area contributed by atoms with Gasteiger partial charge < -0.3 is 4.90 Å². The number of rotatable bonds is 1. The zero-order valence-corrected chi connectivity index (χ0v) is 15.5. The number of halogens is 3. The van der Waals surface area contributed by atoms with Crippen molar-refractivity contribution in [1.82, 2.24) is 19.5 Å². The Hall–Kier alpha value is -1.82. The molecule has 3 aromatic rings. The Morgan fingerprint density at radius 1 is 1.20 bits per heavy atom. The lowest BCUT2D eigenvalue weighted by Gasteiger charge is -2.35. The van der Waals surface area contributed by atoms with Crippen molar-refractivity contribution in [2.24, 2.45) is 0 Å². The van der Waals surface area contributed by atoms with Crippen LogP contribution in [0.1, 0.15) is 34.6 Å². The lowest BCUT2D eigenvalue weighted by atomic mass is 9.93. The van der Waals surface area contributed by atoms with E-state index in [4.69, 9.17) is 34.8 Å². The molecule has 0 aliphatic carbocycles. The predicted octanol–water partition coefficient (Wildman–Crippen LogP) is 4.45. The van der Waals surface area contributed by atoms with E-state index in [2.05, 4.69) is 10.1 Å². The molecule has 1 amide bonds. The number of carbonyl (C=O) groups excluding carboxylic acids is 1. The van der Waals surface area contributed by atoms with E-state index in [-0.39, 0.29) is 11.9 Å². The maximum atomic E-state index is 13.0. The van der Waals surface area contributed by atoms with E-state index in [9.17, 15) is 4.79 Å². The minimum Gasteiger partial charge on any atom is -0.330 e. The summed E-state index contributed by atoms with van der Waals surface area (Å²) < 4.78 is 1.51. The quantitative estimate of drug-likeness (QED) is 0.612. The maximum absolute atomic E-state index is 13.0. The van der Waals surface area contributed by atoms with Crippen LogP contribution in [0.25, 0.3) is 5.65 Å². The standard InChI is InChI=1S/C17H13Cl3N4O/c1-9-12-5-14(20)13(19)4-10(12)2-3-23(9)17(25)15-6-16-21-7-11(18)8-24(16)22-15/h4-9H,2-3H2,1H3. The molecule has 0 saturated carbocycles. The molecule has 128 valence electrons. The third kappa shape index (κ3) is 2.86. The smallest absolute Gasteiger partial charge is 0.274 e. The molecule has 0 bridgehead atoms. The van der Waals surface area contributed by atoms with Crippen molar-refractivity contribution in [2.45, 2.75) is 19.4 Å². The third-order valence-corrected chi connectivity index (χ3v) is 5.40. The molecule has 4 rings (SSSR count). The van der Waals surface area contributed by atoms with Crippen LogP contribution in [-0.4, -0.2) is 31.9 Å². The highest BCUT2D eigenvalue weighted by Crippen LogP contribution is 2.35. The molecule has 1 aliphatic rings. The molecule has 8 heteroatoms. The number of hydrogen-bond donors (Lipinski definition) is 0. The van der Waals surface area contributed by atoms with Crippen LogP contribution in [0.4, 0.5) is 0 Å². The van der Waals surface area contributed by atoms with Crippen molar-refractivity contribution in [3.05, 3.63) is 62.5 Å². The maximum Gasteiger partial charge on any atom is 0.274 e. The largest absolute Gasteiger partial charge is 0.330 e. The molecule has 2 aromatic heterocycles. The Morgan fingerprint density at radius 2 is 1.96 bits per heavy atom. The fourth-order valence-corrected chi connectivity index (χ4v) is 3.69. The molecule has 0 radical (unpaired) electrons. The molecule has 0 fully saturated rings. The normalized spacial score (nSPS) is 17.0. The van der Waals surface area contributed by atoms with Gasteiger partial charge in [0.1, 0.15) is 0 Å². The average molecular weight is 396 g/mol. The molecule has 1 unspecified atom stereocenters. The number of hydrogen-bond acceptors (Lipinski definition) is 3. The van der Waals surface area contributed by atoms with Gasteiger partial charge in [-0.1, -0.05) is 34.8 Å². The van der Waals surface area contributed by atoms with Crippen LogP contribution in [0.3, 0.4) is 0 Å². The fourth-order valence-electron chi connectivity index (χ4n) is 3.19. The van der Waals surface area contributed by atoms with Crippen LogP contribution < -0.4 is 0 Å². The first kappa shape index (κ1) is 16.6. The van der Waals surface area contributed by atoms with Gasteiger partial charge in [0.25, 0.3) is 5.91 Å². The minimum atomic E-state index is -0.147. The van der Waals surface area contributed by atoms with Crippen LogP contribution in [0.15, 0.2) is 30.6 Å². The second kappa shape index (κ2) is 6.16. The van der Waals surface area contributed by atoms with E-state index in [0.29, 0.717) is 33.0 Å². The highest BCUT2D eigenvalue weighted by atomic mass is 35.5. The molecule has 0 N–H and O–H groups in total. The van der Waals surface area contributed by atoms with Crippen LogP contribution >= 0.6 is 34.8 Å². The number of nitrogens with zero attached hydrogens (tertiary/aromatic N) is 4. The van der Waals surface area contributed by atoms with Crippen LogP contribution in [0, 0.1) is 0 Å². The van der Waals surface area contributed by atoms with Gasteiger partial charge >= 0.3 is 0 Å². The molecule has 1 aliphatic heterocycles. The van der Waals surface area contributed by atoms with Gasteiger partial charge in [0.2, 0.25) is 0 Å². The van der Waals surface area contributed by atoms with Crippen molar-refractivity contribution in [2.75, 3.05) is 6.54 Å². The molecular weight excluding hydrogens is 383 g/mol. The van der Waals surface area contributed by atoms with Gasteiger partial charge in [-0.25, -0.2) is 9.50 Å². The van der Waals surface area contributed by atoms with Gasteiger partial charge in [-0.3, -0.25) is 4.79 Å². The van der Waals surface area contributed by atoms with E-state index in [1.165, 1.54) is 10.7 Å². The highest BCUT2D eigenvalue weighted by molar-refractivity contribution is 6.42. The summed E-state index contributed by atoms with van der Waals surface area (Å²) in [7, 11) is 0. The van der Waals surface area contributed by atoms with Crippen molar-refractivity contribution in [1.29, 1.82) is 0 Å². The fraction of sp³-hybridized carbons (Fsp3) is 0.235. The van der Waals surface area contributed by atoms with Crippen LogP contribution in [0.5, 0.6) is 0 Å². The summed E-state index contributed by atoms with van der Waals surface area (Å²) in [5, 5.41) is 5.79. The van der Waals surface area contributed by atoms with Crippen molar-refractivity contribution in [3.8, 4) is 0 Å². The minimum absolute atomic E-state index is 0.118. The summed E-state index contributed by atoms with van der Waals surface area (Å²) in [6.45, 7) is 2.57. The van der Waals surface area contributed by atoms with E-state index >= 15 is 0 Å². The number of fused-ring (bicyclic) bond motifs is 2. The number of carbonyl (C=O) groups is 1. The molecule has 25 heavy (non-hydrogen) atoms. The summed E-state index contributed by atoms with van der Waals surface area (Å²) in [6, 6.07) is 5.27. The highest BCUT2D eigenvalue weighted by Gasteiger charge is 2.30. The summed E-state index contributed by atoms with van der Waals surface area (Å²) in [5.74, 6) is -0.147. The monoisotopic (exact) mass is 394 g/mol. The molecule has 1 atom stereocenters. The molecule has 0 spiro atoms. The summed E-state index contributed by atoms with van der Waals surface area (Å²) in [4.78, 5) is 18.9. The second-order valence-corrected chi connectivity index (χ2v) is 7.25. The Labute approximate surface area is 159 Å². The van der Waals surface area contributed by atoms with Gasteiger partial charge in [-0.05, 0) is 36.6 Å². The molecular formula is C17H13Cl3N4O. The van der Waals surface area contributed by atoms with Gasteiger partial charge in [0, 0.05) is 18.8 Å². The lowest BCUT2D eigenvalue weighted by Crippen LogP contribution is -2.39. The van der Waals surface area contributed by atoms with E-state index < -0.39 is 0 Å². The molecule has 1 aromatic carbocycles. The Morgan fingerprint density at radius 3 is 2.76 bits per heavy atom. The summed E-state index contributed by atoms with van der Waals surface area (Å²) in [5.41, 5.74) is 3.05. The van der Waals surface area contributed by atoms with E-state index in [0.717, 1.165) is 17.5 Å². The van der Waals surface area contributed by atoms with E-state index in [1.807, 2.05) is 19.1 Å². The Balaban J connectivity index is 1.68. The SMILES string of the molecule is CC1c2cc(Cl)c(Cl)cc2CCN1C(=O)c1cc2ncc(Cl)cn2n1. The first-order valence-electron chi connectivity index (χ1n) is 7.74. The Kier molecular flexibility index (Phi) is 4.10. The Bertz CT molecular complexity index is 1000. The van der Waals surface area contributed by atoms with Gasteiger partial charge in [-0.15, -0.1) is 0 Å². The predicted molar refractivity (Wildman–Crippen MR) is 97.6 cm³/mol. The van der Waals surface area contributed by atoms with Crippen LogP contribution in [0.2, 0.25) is 15.1 Å². The lowest BCUT2D eigenvalue weighted by molar-refractivity contribution is 0.0671. The van der Waals surface area contributed by atoms with Gasteiger partial charge in [-0.2, -0.15) is 5.10 Å². The van der Waals surface area contributed by atoms with Gasteiger partial charge in [0.15, 0.2) is 11.3 Å². The van der Waals surface area contributed by atoms with Crippen molar-refractivity contribution < 1.29 is 4.79 Å². The zero-order chi connectivity index (χ0) is 17.7. The first-order valence-corrected chi connectivity index (χ1v) is 8.87. The zero-order valence-electron chi connectivity index (χ0n) is 13.2. The summed E-state index contributed by atoms with van der Waals surface area (Å²) >= 11 is 18.2. The number of amides is 1. The number of benzene rings is 1. The first-order chi connectivity index (χ1) is 11.9. The average Bonchev–Trinajstić information content (AvgIpc) is 2.99. The van der Waals surface area contributed by atoms with Crippen molar-refractivity contribution in [3.63, 3.8) is 0 Å². The van der Waals surface area contributed by atoms with Crippen LogP contribution in [-0.2, 0) is 6.42 Å². The second-order valence-electron chi connectivity index (χ2n) is 5.99. The molecule has 0 saturated heterocycles. The van der Waals surface area contributed by atoms with Crippen molar-refractivity contribution >= 4 is 46.4 Å².